The van der Waals surface area contributed by atoms with Crippen LogP contribution in [0.5, 0.6) is 0 Å². The predicted octanol–water partition coefficient (Wildman–Crippen LogP) is 3.41. The topological polar surface area (TPSA) is 39.7 Å². The molecule has 0 saturated carbocycles. The van der Waals surface area contributed by atoms with E-state index in [4.69, 9.17) is 11.6 Å². The zero-order valence-corrected chi connectivity index (χ0v) is 16.9. The zero-order valence-electron chi connectivity index (χ0n) is 16.1. The van der Waals surface area contributed by atoms with E-state index in [1.807, 2.05) is 41.4 Å². The molecular formula is C22H27ClN4O. The normalized spacial score (nSPS) is 21.0. The Bertz CT molecular complexity index is 792. The van der Waals surface area contributed by atoms with Crippen molar-refractivity contribution in [3.8, 4) is 0 Å². The summed E-state index contributed by atoms with van der Waals surface area (Å²) in [6.45, 7) is 6.87. The number of amides is 1. The number of piperazine rings is 1. The van der Waals surface area contributed by atoms with Gasteiger partial charge in [-0.1, -0.05) is 23.7 Å². The van der Waals surface area contributed by atoms with Crippen molar-refractivity contribution in [1.29, 1.82) is 0 Å². The fourth-order valence-electron chi connectivity index (χ4n) is 4.27. The second-order valence-electron chi connectivity index (χ2n) is 7.75. The second-order valence-corrected chi connectivity index (χ2v) is 8.18. The van der Waals surface area contributed by atoms with Crippen LogP contribution in [0.15, 0.2) is 48.7 Å². The predicted molar refractivity (Wildman–Crippen MR) is 113 cm³/mol. The maximum atomic E-state index is 12.8. The summed E-state index contributed by atoms with van der Waals surface area (Å²) >= 11 is 6.06. The van der Waals surface area contributed by atoms with Gasteiger partial charge < -0.3 is 9.80 Å². The minimum Gasteiger partial charge on any atom is -0.354 e. The average molecular weight is 399 g/mol. The first-order chi connectivity index (χ1) is 13.7. The molecular weight excluding hydrogens is 372 g/mol. The van der Waals surface area contributed by atoms with E-state index in [9.17, 15) is 4.79 Å². The molecule has 1 atom stereocenters. The van der Waals surface area contributed by atoms with Crippen molar-refractivity contribution in [2.24, 2.45) is 5.92 Å². The quantitative estimate of drug-likeness (QED) is 0.791. The highest BCUT2D eigenvalue weighted by Gasteiger charge is 2.27. The van der Waals surface area contributed by atoms with Crippen molar-refractivity contribution < 1.29 is 4.79 Å². The second kappa shape index (κ2) is 8.93. The molecule has 1 aromatic carbocycles. The van der Waals surface area contributed by atoms with Gasteiger partial charge in [-0.15, -0.1) is 0 Å². The Morgan fingerprint density at radius 2 is 1.93 bits per heavy atom. The van der Waals surface area contributed by atoms with Crippen molar-refractivity contribution >= 4 is 23.3 Å². The summed E-state index contributed by atoms with van der Waals surface area (Å²) in [7, 11) is 0. The molecule has 0 N–H and O–H groups in total. The number of benzene rings is 1. The number of carbonyl (C=O) groups excluding carboxylic acids is 1. The molecule has 6 heteroatoms. The largest absolute Gasteiger partial charge is 0.354 e. The summed E-state index contributed by atoms with van der Waals surface area (Å²) in [5.41, 5.74) is 0.692. The number of carbonyl (C=O) groups is 1. The maximum Gasteiger partial charge on any atom is 0.253 e. The molecule has 1 amide bonds. The average Bonchev–Trinajstić information content (AvgIpc) is 2.75. The number of pyridine rings is 1. The minimum atomic E-state index is 0.104. The number of hydrogen-bond donors (Lipinski definition) is 0. The lowest BCUT2D eigenvalue weighted by molar-refractivity contribution is 0.0637. The van der Waals surface area contributed by atoms with Crippen LogP contribution in [0.2, 0.25) is 5.02 Å². The van der Waals surface area contributed by atoms with Gasteiger partial charge in [0.15, 0.2) is 0 Å². The highest BCUT2D eigenvalue weighted by Crippen LogP contribution is 2.22. The number of aromatic nitrogens is 1. The fraction of sp³-hybridized carbons (Fsp3) is 0.455. The van der Waals surface area contributed by atoms with Crippen LogP contribution in [0, 0.1) is 5.92 Å². The molecule has 4 rings (SSSR count). The van der Waals surface area contributed by atoms with Gasteiger partial charge in [0, 0.05) is 62.6 Å². The molecule has 1 aromatic heterocycles. The Kier molecular flexibility index (Phi) is 6.13. The summed E-state index contributed by atoms with van der Waals surface area (Å²) < 4.78 is 0. The number of nitrogens with zero attached hydrogens (tertiary/aromatic N) is 4. The molecule has 0 spiro atoms. The Balaban J connectivity index is 1.29. The molecule has 0 bridgehead atoms. The van der Waals surface area contributed by atoms with E-state index < -0.39 is 0 Å². The van der Waals surface area contributed by atoms with Gasteiger partial charge in [-0.2, -0.15) is 0 Å². The van der Waals surface area contributed by atoms with Gasteiger partial charge in [-0.25, -0.2) is 4.98 Å². The first-order valence-corrected chi connectivity index (χ1v) is 10.5. The van der Waals surface area contributed by atoms with Crippen molar-refractivity contribution in [3.63, 3.8) is 0 Å². The number of anilines is 1. The molecule has 148 valence electrons. The highest BCUT2D eigenvalue weighted by atomic mass is 35.5. The molecule has 28 heavy (non-hydrogen) atoms. The SMILES string of the molecule is O=C(c1cccc(Cl)c1)N1CCCC(CN2CCN(c3ccccn3)CC2)C1. The van der Waals surface area contributed by atoms with E-state index >= 15 is 0 Å². The van der Waals surface area contributed by atoms with E-state index in [2.05, 4.69) is 20.9 Å². The summed E-state index contributed by atoms with van der Waals surface area (Å²) in [4.78, 5) is 24.2. The standard InChI is InChI=1S/C22H27ClN4O/c23-20-7-3-6-19(15-20)22(28)27-10-4-5-18(17-27)16-25-11-13-26(14-12-25)21-8-1-2-9-24-21/h1-3,6-9,15,18H,4-5,10-14,16-17H2. The van der Waals surface area contributed by atoms with E-state index in [0.29, 0.717) is 16.5 Å². The number of likely N-dealkylation sites (tertiary alicyclic amines) is 1. The van der Waals surface area contributed by atoms with Crippen LogP contribution in [-0.4, -0.2) is 66.5 Å². The molecule has 0 aliphatic carbocycles. The number of hydrogen-bond acceptors (Lipinski definition) is 4. The minimum absolute atomic E-state index is 0.104. The fourth-order valence-corrected chi connectivity index (χ4v) is 4.46. The van der Waals surface area contributed by atoms with Crippen LogP contribution in [0.4, 0.5) is 5.82 Å². The van der Waals surface area contributed by atoms with Crippen molar-refractivity contribution in [1.82, 2.24) is 14.8 Å². The first kappa shape index (κ1) is 19.2. The molecule has 2 aromatic rings. The summed E-state index contributed by atoms with van der Waals surface area (Å²) in [5, 5.41) is 0.616. The van der Waals surface area contributed by atoms with E-state index in [1.165, 1.54) is 6.42 Å². The first-order valence-electron chi connectivity index (χ1n) is 10.1. The number of piperidine rings is 1. The van der Waals surface area contributed by atoms with Crippen LogP contribution in [0.25, 0.3) is 0 Å². The molecule has 5 nitrogen and oxygen atoms in total. The Morgan fingerprint density at radius 3 is 2.68 bits per heavy atom. The third kappa shape index (κ3) is 4.65. The summed E-state index contributed by atoms with van der Waals surface area (Å²) in [6, 6.07) is 13.4. The zero-order chi connectivity index (χ0) is 19.3. The van der Waals surface area contributed by atoms with Crippen LogP contribution >= 0.6 is 11.6 Å². The lowest BCUT2D eigenvalue weighted by atomic mass is 9.96. The molecule has 2 aliphatic heterocycles. The lowest BCUT2D eigenvalue weighted by Crippen LogP contribution is -2.50. The lowest BCUT2D eigenvalue weighted by Gasteiger charge is -2.39. The smallest absolute Gasteiger partial charge is 0.253 e. The van der Waals surface area contributed by atoms with Crippen LogP contribution in [0.3, 0.4) is 0 Å². The molecule has 2 saturated heterocycles. The van der Waals surface area contributed by atoms with Crippen molar-refractivity contribution in [2.45, 2.75) is 12.8 Å². The van der Waals surface area contributed by atoms with Crippen LogP contribution in [0.1, 0.15) is 23.2 Å². The number of halogens is 1. The van der Waals surface area contributed by atoms with Gasteiger partial charge in [-0.3, -0.25) is 9.69 Å². The molecule has 2 fully saturated rings. The van der Waals surface area contributed by atoms with Gasteiger partial charge in [0.25, 0.3) is 5.91 Å². The molecule has 3 heterocycles. The molecule has 1 unspecified atom stereocenters. The van der Waals surface area contributed by atoms with Crippen molar-refractivity contribution in [3.05, 3.63) is 59.2 Å². The van der Waals surface area contributed by atoms with E-state index in [1.54, 1.807) is 6.07 Å². The van der Waals surface area contributed by atoms with Gasteiger partial charge in [0.05, 0.1) is 0 Å². The maximum absolute atomic E-state index is 12.8. The third-order valence-corrected chi connectivity index (χ3v) is 5.97. The van der Waals surface area contributed by atoms with Crippen LogP contribution < -0.4 is 4.90 Å². The Hall–Kier alpha value is -2.11. The van der Waals surface area contributed by atoms with E-state index in [-0.39, 0.29) is 5.91 Å². The van der Waals surface area contributed by atoms with Gasteiger partial charge in [0.1, 0.15) is 5.82 Å². The molecule has 0 radical (unpaired) electrons. The van der Waals surface area contributed by atoms with Gasteiger partial charge in [0.2, 0.25) is 0 Å². The molecule has 2 aliphatic rings. The monoisotopic (exact) mass is 398 g/mol. The Morgan fingerprint density at radius 1 is 1.07 bits per heavy atom. The summed E-state index contributed by atoms with van der Waals surface area (Å²) in [6.07, 6.45) is 4.12. The Labute approximate surface area is 171 Å². The van der Waals surface area contributed by atoms with Crippen molar-refractivity contribution in [2.75, 3.05) is 50.7 Å². The highest BCUT2D eigenvalue weighted by molar-refractivity contribution is 6.30. The van der Waals surface area contributed by atoms with E-state index in [0.717, 1.165) is 58.1 Å². The number of rotatable bonds is 4. The third-order valence-electron chi connectivity index (χ3n) is 5.74. The van der Waals surface area contributed by atoms with Gasteiger partial charge in [-0.05, 0) is 49.1 Å². The van der Waals surface area contributed by atoms with Crippen LogP contribution in [-0.2, 0) is 0 Å². The summed E-state index contributed by atoms with van der Waals surface area (Å²) in [5.74, 6) is 1.71. The van der Waals surface area contributed by atoms with Gasteiger partial charge >= 0.3 is 0 Å².